The predicted octanol–water partition coefficient (Wildman–Crippen LogP) is 2.94. The van der Waals surface area contributed by atoms with Crippen molar-refractivity contribution in [3.63, 3.8) is 0 Å². The van der Waals surface area contributed by atoms with Gasteiger partial charge in [0.25, 0.3) is 0 Å². The molecule has 0 saturated carbocycles. The zero-order valence-electron chi connectivity index (χ0n) is 7.46. The van der Waals surface area contributed by atoms with Crippen molar-refractivity contribution in [1.82, 2.24) is 0 Å². The fourth-order valence-electron chi connectivity index (χ4n) is 1.08. The summed E-state index contributed by atoms with van der Waals surface area (Å²) in [4.78, 5) is 0. The smallest absolute Gasteiger partial charge is 0.0609 e. The lowest BCUT2D eigenvalue weighted by molar-refractivity contribution is 1.43. The standard InChI is InChI=1S/C11H13N/c1-3-5-11(12)10-7-4-6-9(2)8-10/h3-8,12H,1-2H3/b5-3+,12-11?. The molecule has 12 heavy (non-hydrogen) atoms. The van der Waals surface area contributed by atoms with Crippen molar-refractivity contribution in [2.75, 3.05) is 0 Å². The van der Waals surface area contributed by atoms with Crippen LogP contribution in [0.1, 0.15) is 18.1 Å². The second-order valence-electron chi connectivity index (χ2n) is 2.78. The largest absolute Gasteiger partial charge is 0.300 e. The van der Waals surface area contributed by atoms with Crippen LogP contribution in [0.25, 0.3) is 0 Å². The van der Waals surface area contributed by atoms with Crippen LogP contribution in [0.15, 0.2) is 36.4 Å². The van der Waals surface area contributed by atoms with Gasteiger partial charge >= 0.3 is 0 Å². The van der Waals surface area contributed by atoms with Gasteiger partial charge < -0.3 is 5.41 Å². The Labute approximate surface area is 73.3 Å². The minimum atomic E-state index is 0.571. The van der Waals surface area contributed by atoms with Gasteiger partial charge in [0.05, 0.1) is 5.71 Å². The van der Waals surface area contributed by atoms with E-state index in [9.17, 15) is 0 Å². The average molecular weight is 159 g/mol. The van der Waals surface area contributed by atoms with Gasteiger partial charge in [-0.15, -0.1) is 0 Å². The van der Waals surface area contributed by atoms with Crippen LogP contribution in [0.5, 0.6) is 0 Å². The summed E-state index contributed by atoms with van der Waals surface area (Å²) < 4.78 is 0. The summed E-state index contributed by atoms with van der Waals surface area (Å²) in [5, 5.41) is 7.64. The zero-order valence-corrected chi connectivity index (χ0v) is 7.46. The summed E-state index contributed by atoms with van der Waals surface area (Å²) >= 11 is 0. The van der Waals surface area contributed by atoms with Gasteiger partial charge in [-0.05, 0) is 31.6 Å². The lowest BCUT2D eigenvalue weighted by Crippen LogP contribution is -1.93. The fraction of sp³-hybridized carbons (Fsp3) is 0.182. The number of allylic oxidation sites excluding steroid dienone is 2. The first-order chi connectivity index (χ1) is 5.74. The first-order valence-electron chi connectivity index (χ1n) is 4.02. The number of nitrogens with one attached hydrogen (secondary N) is 1. The number of benzene rings is 1. The maximum absolute atomic E-state index is 7.64. The Morgan fingerprint density at radius 1 is 1.42 bits per heavy atom. The topological polar surface area (TPSA) is 23.9 Å². The van der Waals surface area contributed by atoms with E-state index in [0.717, 1.165) is 5.56 Å². The highest BCUT2D eigenvalue weighted by atomic mass is 14.4. The van der Waals surface area contributed by atoms with Crippen LogP contribution in [0.3, 0.4) is 0 Å². The molecule has 0 spiro atoms. The molecule has 0 radical (unpaired) electrons. The van der Waals surface area contributed by atoms with Crippen LogP contribution in [-0.4, -0.2) is 5.71 Å². The van der Waals surface area contributed by atoms with Gasteiger partial charge in [0.1, 0.15) is 0 Å². The van der Waals surface area contributed by atoms with Crippen molar-refractivity contribution >= 4 is 5.71 Å². The van der Waals surface area contributed by atoms with Gasteiger partial charge in [-0.1, -0.05) is 29.8 Å². The molecule has 0 saturated heterocycles. The third kappa shape index (κ3) is 2.06. The number of aryl methyl sites for hydroxylation is 1. The van der Waals surface area contributed by atoms with Gasteiger partial charge in [0, 0.05) is 0 Å². The van der Waals surface area contributed by atoms with Crippen LogP contribution in [-0.2, 0) is 0 Å². The molecular weight excluding hydrogens is 146 g/mol. The minimum Gasteiger partial charge on any atom is -0.300 e. The maximum atomic E-state index is 7.64. The van der Waals surface area contributed by atoms with E-state index in [1.165, 1.54) is 5.56 Å². The Kier molecular flexibility index (Phi) is 2.81. The summed E-state index contributed by atoms with van der Waals surface area (Å²) in [6.45, 7) is 3.96. The van der Waals surface area contributed by atoms with Crippen LogP contribution in [0.4, 0.5) is 0 Å². The van der Waals surface area contributed by atoms with E-state index in [0.29, 0.717) is 5.71 Å². The summed E-state index contributed by atoms with van der Waals surface area (Å²) in [7, 11) is 0. The van der Waals surface area contributed by atoms with Crippen molar-refractivity contribution in [3.8, 4) is 0 Å². The van der Waals surface area contributed by atoms with E-state index in [1.807, 2.05) is 44.2 Å². The lowest BCUT2D eigenvalue weighted by atomic mass is 10.1. The average Bonchev–Trinajstić information content (AvgIpc) is 2.05. The molecule has 0 aliphatic heterocycles. The molecule has 1 heteroatoms. The molecule has 1 nitrogen and oxygen atoms in total. The summed E-state index contributed by atoms with van der Waals surface area (Å²) in [6.07, 6.45) is 3.68. The molecule has 1 aromatic rings. The Balaban J connectivity index is 2.96. The highest BCUT2D eigenvalue weighted by Gasteiger charge is 1.95. The van der Waals surface area contributed by atoms with Crippen molar-refractivity contribution in [2.45, 2.75) is 13.8 Å². The van der Waals surface area contributed by atoms with E-state index in [1.54, 1.807) is 6.08 Å². The lowest BCUT2D eigenvalue weighted by Gasteiger charge is -1.98. The molecule has 0 amide bonds. The van der Waals surface area contributed by atoms with Crippen LogP contribution in [0.2, 0.25) is 0 Å². The molecule has 0 atom stereocenters. The number of hydrogen-bond donors (Lipinski definition) is 1. The van der Waals surface area contributed by atoms with Crippen molar-refractivity contribution in [3.05, 3.63) is 47.5 Å². The SMILES string of the molecule is C/C=C/C(=N)c1cccc(C)c1. The molecule has 0 aromatic heterocycles. The first-order valence-corrected chi connectivity index (χ1v) is 4.02. The molecule has 0 aliphatic carbocycles. The Hall–Kier alpha value is -1.37. The first kappa shape index (κ1) is 8.72. The van der Waals surface area contributed by atoms with E-state index in [2.05, 4.69) is 0 Å². The molecule has 1 N–H and O–H groups in total. The van der Waals surface area contributed by atoms with E-state index in [-0.39, 0.29) is 0 Å². The molecule has 0 fully saturated rings. The van der Waals surface area contributed by atoms with E-state index < -0.39 is 0 Å². The molecule has 0 bridgehead atoms. The predicted molar refractivity (Wildman–Crippen MR) is 52.8 cm³/mol. The quantitative estimate of drug-likeness (QED) is 0.641. The van der Waals surface area contributed by atoms with Gasteiger partial charge in [0.15, 0.2) is 0 Å². The Morgan fingerprint density at radius 2 is 2.17 bits per heavy atom. The Morgan fingerprint density at radius 3 is 2.75 bits per heavy atom. The molecular formula is C11H13N. The maximum Gasteiger partial charge on any atom is 0.0609 e. The summed E-state index contributed by atoms with van der Waals surface area (Å²) in [5.74, 6) is 0. The summed E-state index contributed by atoms with van der Waals surface area (Å²) in [5.41, 5.74) is 2.75. The molecule has 1 rings (SSSR count). The van der Waals surface area contributed by atoms with Crippen LogP contribution < -0.4 is 0 Å². The highest BCUT2D eigenvalue weighted by molar-refractivity contribution is 6.06. The number of rotatable bonds is 2. The zero-order chi connectivity index (χ0) is 8.97. The van der Waals surface area contributed by atoms with Crippen molar-refractivity contribution in [1.29, 1.82) is 5.41 Å². The number of hydrogen-bond acceptors (Lipinski definition) is 1. The van der Waals surface area contributed by atoms with Gasteiger partial charge in [0.2, 0.25) is 0 Å². The van der Waals surface area contributed by atoms with Gasteiger partial charge in [-0.3, -0.25) is 0 Å². The minimum absolute atomic E-state index is 0.571. The monoisotopic (exact) mass is 159 g/mol. The molecule has 0 aliphatic rings. The fourth-order valence-corrected chi connectivity index (χ4v) is 1.08. The molecule has 62 valence electrons. The third-order valence-corrected chi connectivity index (χ3v) is 1.66. The second-order valence-corrected chi connectivity index (χ2v) is 2.78. The van der Waals surface area contributed by atoms with E-state index >= 15 is 0 Å². The second kappa shape index (κ2) is 3.86. The van der Waals surface area contributed by atoms with Crippen LogP contribution in [0, 0.1) is 12.3 Å². The normalized spacial score (nSPS) is 10.5. The highest BCUT2D eigenvalue weighted by Crippen LogP contribution is 2.05. The van der Waals surface area contributed by atoms with Crippen molar-refractivity contribution in [2.24, 2.45) is 0 Å². The van der Waals surface area contributed by atoms with Crippen LogP contribution >= 0.6 is 0 Å². The third-order valence-electron chi connectivity index (χ3n) is 1.66. The molecule has 1 aromatic carbocycles. The van der Waals surface area contributed by atoms with E-state index in [4.69, 9.17) is 5.41 Å². The van der Waals surface area contributed by atoms with Gasteiger partial charge in [-0.2, -0.15) is 0 Å². The Bertz CT molecular complexity index is 311. The van der Waals surface area contributed by atoms with Crippen molar-refractivity contribution < 1.29 is 0 Å². The summed E-state index contributed by atoms with van der Waals surface area (Å²) in [6, 6.07) is 7.98. The molecule has 0 heterocycles. The van der Waals surface area contributed by atoms with Gasteiger partial charge in [-0.25, -0.2) is 0 Å². The molecule has 0 unspecified atom stereocenters.